The van der Waals surface area contributed by atoms with Crippen molar-refractivity contribution >= 4 is 43.1 Å². The minimum absolute atomic E-state index is 0.673. The molecule has 0 spiro atoms. The van der Waals surface area contributed by atoms with Gasteiger partial charge in [0, 0.05) is 0 Å². The van der Waals surface area contributed by atoms with Crippen LogP contribution in [0.3, 0.4) is 0 Å². The third kappa shape index (κ3) is 5.61. The molecule has 0 aliphatic heterocycles. The van der Waals surface area contributed by atoms with Crippen molar-refractivity contribution in [2.75, 3.05) is 28.4 Å². The van der Waals surface area contributed by atoms with Gasteiger partial charge in [-0.3, -0.25) is 0 Å². The first kappa shape index (κ1) is 40.0. The lowest BCUT2D eigenvalue weighted by Gasteiger charge is -2.36. The number of benzene rings is 11. The van der Waals surface area contributed by atoms with Gasteiger partial charge in [0.1, 0.15) is 23.0 Å². The lowest BCUT2D eigenvalue weighted by atomic mass is 9.65. The Balaban J connectivity index is 1.15. The van der Waals surface area contributed by atoms with Crippen LogP contribution in [0.15, 0.2) is 206 Å². The zero-order valence-corrected chi connectivity index (χ0v) is 38.3. The summed E-state index contributed by atoms with van der Waals surface area (Å²) in [5.41, 5.74) is 13.5. The van der Waals surface area contributed by atoms with E-state index in [1.807, 2.05) is 0 Å². The molecular weight excluding hydrogens is 833 g/mol. The Bertz CT molecular complexity index is 3450. The number of methoxy groups -OCH3 is 4. The van der Waals surface area contributed by atoms with Crippen molar-refractivity contribution in [2.24, 2.45) is 0 Å². The second-order valence-electron chi connectivity index (χ2n) is 18.2. The number of hydrogen-bond acceptors (Lipinski definition) is 4. The van der Waals surface area contributed by atoms with E-state index in [-0.39, 0.29) is 0 Å². The highest BCUT2D eigenvalue weighted by molar-refractivity contribution is 5.98. The second-order valence-corrected chi connectivity index (χ2v) is 18.2. The highest BCUT2D eigenvalue weighted by Crippen LogP contribution is 2.63. The van der Waals surface area contributed by atoms with E-state index in [4.69, 9.17) is 18.9 Å². The van der Waals surface area contributed by atoms with Crippen LogP contribution in [0.1, 0.15) is 44.5 Å². The van der Waals surface area contributed by atoms with E-state index in [9.17, 15) is 0 Å². The fraction of sp³-hybridized carbons (Fsp3) is 0.0938. The van der Waals surface area contributed by atoms with E-state index in [1.54, 1.807) is 28.4 Å². The van der Waals surface area contributed by atoms with Crippen molar-refractivity contribution in [2.45, 2.75) is 10.8 Å². The summed E-state index contributed by atoms with van der Waals surface area (Å²) < 4.78 is 22.7. The maximum Gasteiger partial charge on any atom is 0.119 e. The zero-order chi connectivity index (χ0) is 45.7. The average Bonchev–Trinajstić information content (AvgIpc) is 3.86. The fourth-order valence-corrected chi connectivity index (χ4v) is 12.0. The molecule has 2 aliphatic carbocycles. The van der Waals surface area contributed by atoms with E-state index < -0.39 is 10.8 Å². The summed E-state index contributed by atoms with van der Waals surface area (Å²) in [4.78, 5) is 0. The van der Waals surface area contributed by atoms with Crippen molar-refractivity contribution in [3.63, 3.8) is 0 Å². The number of ether oxygens (including phenoxy) is 4. The number of rotatable bonds is 8. The molecule has 2 aliphatic rings. The minimum atomic E-state index is -0.673. The van der Waals surface area contributed by atoms with Crippen LogP contribution in [-0.2, 0) is 10.8 Å². The van der Waals surface area contributed by atoms with Crippen molar-refractivity contribution in [1.82, 2.24) is 0 Å². The number of fused-ring (bicyclic) bond motifs is 10. The van der Waals surface area contributed by atoms with Crippen molar-refractivity contribution < 1.29 is 18.9 Å². The maximum atomic E-state index is 5.69. The minimum Gasteiger partial charge on any atom is -0.497 e. The van der Waals surface area contributed by atoms with Gasteiger partial charge in [0.25, 0.3) is 0 Å². The fourth-order valence-electron chi connectivity index (χ4n) is 12.0. The average molecular weight is 879 g/mol. The lowest BCUT2D eigenvalue weighted by Crippen LogP contribution is -2.30. The molecular formula is C64H46O4. The van der Waals surface area contributed by atoms with Gasteiger partial charge in [-0.1, -0.05) is 121 Å². The van der Waals surface area contributed by atoms with E-state index in [0.29, 0.717) is 0 Å². The van der Waals surface area contributed by atoms with Crippen LogP contribution in [0.25, 0.3) is 65.3 Å². The van der Waals surface area contributed by atoms with Gasteiger partial charge in [0.15, 0.2) is 0 Å². The molecule has 0 unspecified atom stereocenters. The molecule has 4 heteroatoms. The van der Waals surface area contributed by atoms with Gasteiger partial charge in [0.2, 0.25) is 0 Å². The molecule has 0 atom stereocenters. The monoisotopic (exact) mass is 878 g/mol. The summed E-state index contributed by atoms with van der Waals surface area (Å²) in [6.45, 7) is 0. The highest BCUT2D eigenvalue weighted by atomic mass is 16.5. The Morgan fingerprint density at radius 3 is 0.794 bits per heavy atom. The summed E-state index contributed by atoms with van der Waals surface area (Å²) in [6, 6.07) is 76.8. The van der Waals surface area contributed by atoms with Gasteiger partial charge in [-0.15, -0.1) is 0 Å². The molecule has 13 rings (SSSR count). The summed E-state index contributed by atoms with van der Waals surface area (Å²) in [7, 11) is 6.91. The van der Waals surface area contributed by atoms with Gasteiger partial charge in [-0.2, -0.15) is 0 Å². The van der Waals surface area contributed by atoms with E-state index in [1.165, 1.54) is 66.8 Å². The third-order valence-corrected chi connectivity index (χ3v) is 15.1. The van der Waals surface area contributed by atoms with Crippen molar-refractivity contribution in [3.05, 3.63) is 251 Å². The first-order chi connectivity index (χ1) is 33.4. The molecule has 0 saturated carbocycles. The Kier molecular flexibility index (Phi) is 8.88. The molecule has 4 nitrogen and oxygen atoms in total. The molecule has 326 valence electrons. The van der Waals surface area contributed by atoms with Gasteiger partial charge in [0.05, 0.1) is 39.3 Å². The molecule has 0 amide bonds. The molecule has 0 bridgehead atoms. The van der Waals surface area contributed by atoms with Gasteiger partial charge in [-0.25, -0.2) is 0 Å². The van der Waals surface area contributed by atoms with Crippen LogP contribution in [0.2, 0.25) is 0 Å². The van der Waals surface area contributed by atoms with E-state index in [2.05, 4.69) is 206 Å². The molecule has 0 fully saturated rings. The van der Waals surface area contributed by atoms with Crippen LogP contribution in [0, 0.1) is 0 Å². The van der Waals surface area contributed by atoms with Crippen LogP contribution in [0.4, 0.5) is 0 Å². The normalized spacial score (nSPS) is 13.8. The number of hydrogen-bond donors (Lipinski definition) is 0. The van der Waals surface area contributed by atoms with Gasteiger partial charge >= 0.3 is 0 Å². The predicted octanol–water partition coefficient (Wildman–Crippen LogP) is 15.1. The predicted molar refractivity (Wildman–Crippen MR) is 277 cm³/mol. The maximum absolute atomic E-state index is 5.69. The van der Waals surface area contributed by atoms with Crippen molar-refractivity contribution in [1.29, 1.82) is 0 Å². The molecule has 0 aromatic heterocycles. The van der Waals surface area contributed by atoms with E-state index >= 15 is 0 Å². The molecule has 68 heavy (non-hydrogen) atoms. The topological polar surface area (TPSA) is 36.9 Å². The molecule has 0 N–H and O–H groups in total. The SMILES string of the molecule is COc1ccc2cc(C3(c4ccc5cc(OC)ccc5c4)c4ccccc4-c4cc5c(cc43)-c3ccccc3C5(c3ccc4cc(OC)ccc4c3)c3ccc4cc(OC)ccc4c3)ccc2c1. The zero-order valence-electron chi connectivity index (χ0n) is 38.3. The molecule has 0 heterocycles. The Morgan fingerprint density at radius 1 is 0.235 bits per heavy atom. The van der Waals surface area contributed by atoms with Gasteiger partial charge < -0.3 is 18.9 Å². The largest absolute Gasteiger partial charge is 0.497 e. The van der Waals surface area contributed by atoms with E-state index in [0.717, 1.165) is 66.1 Å². The van der Waals surface area contributed by atoms with Crippen molar-refractivity contribution in [3.8, 4) is 45.3 Å². The summed E-state index contributed by atoms with van der Waals surface area (Å²) in [6.07, 6.45) is 0. The van der Waals surface area contributed by atoms with Crippen LogP contribution in [-0.4, -0.2) is 28.4 Å². The molecule has 0 radical (unpaired) electrons. The molecule has 0 saturated heterocycles. The first-order valence-corrected chi connectivity index (χ1v) is 23.2. The summed E-state index contributed by atoms with van der Waals surface area (Å²) in [5, 5.41) is 9.18. The van der Waals surface area contributed by atoms with Crippen LogP contribution < -0.4 is 18.9 Å². The first-order valence-electron chi connectivity index (χ1n) is 23.2. The smallest absolute Gasteiger partial charge is 0.119 e. The third-order valence-electron chi connectivity index (χ3n) is 15.1. The lowest BCUT2D eigenvalue weighted by molar-refractivity contribution is 0.415. The summed E-state index contributed by atoms with van der Waals surface area (Å²) >= 11 is 0. The molecule has 11 aromatic carbocycles. The Labute approximate surface area is 395 Å². The highest BCUT2D eigenvalue weighted by Gasteiger charge is 2.51. The van der Waals surface area contributed by atoms with Gasteiger partial charge in [-0.05, 0) is 195 Å². The Morgan fingerprint density at radius 2 is 0.500 bits per heavy atom. The second kappa shape index (κ2) is 15.1. The Hall–Kier alpha value is -8.34. The van der Waals surface area contributed by atoms with Crippen LogP contribution in [0.5, 0.6) is 23.0 Å². The quantitative estimate of drug-likeness (QED) is 0.152. The summed E-state index contributed by atoms with van der Waals surface area (Å²) in [5.74, 6) is 3.38. The standard InChI is InChI=1S/C64H46O4/c1-65-51-25-17-39-29-47(21-13-43(39)33-51)63(48-22-14-44-34-52(66-2)26-18-40(44)30-48)59-11-7-5-9-55(59)57-38-62-58(37-61(57)63)56-10-6-8-12-60(56)64(62,49-23-15-45-35-53(67-3)27-19-41(45)31-49)50-24-16-46-36-54(68-4)28-20-42(46)32-50/h5-38H,1-4H3. The molecule has 11 aromatic rings. The van der Waals surface area contributed by atoms with Crippen LogP contribution >= 0.6 is 0 Å².